The van der Waals surface area contributed by atoms with Crippen molar-refractivity contribution in [2.45, 2.75) is 0 Å². The van der Waals surface area contributed by atoms with Gasteiger partial charge in [0.1, 0.15) is 6.54 Å². The van der Waals surface area contributed by atoms with E-state index in [1.54, 1.807) is 60.7 Å². The molecule has 3 aromatic rings. The first kappa shape index (κ1) is 23.0. The van der Waals surface area contributed by atoms with E-state index in [9.17, 15) is 18.0 Å². The number of carbonyl (C=O) groups excluding carboxylic acids is 2. The molecule has 0 aliphatic heterocycles. The van der Waals surface area contributed by atoms with E-state index in [4.69, 9.17) is 11.6 Å². The van der Waals surface area contributed by atoms with E-state index >= 15 is 0 Å². The third-order valence-electron chi connectivity index (χ3n) is 4.34. The highest BCUT2D eigenvalue weighted by Crippen LogP contribution is 2.28. The zero-order valence-corrected chi connectivity index (χ0v) is 19.5. The highest BCUT2D eigenvalue weighted by atomic mass is 79.9. The minimum absolute atomic E-state index is 0.207. The summed E-state index contributed by atoms with van der Waals surface area (Å²) in [5.74, 6) is -0.921. The number of ketones is 1. The fourth-order valence-corrected chi connectivity index (χ4v) is 4.57. The molecule has 0 radical (unpaired) electrons. The summed E-state index contributed by atoms with van der Waals surface area (Å²) in [6, 6.07) is 19.8. The van der Waals surface area contributed by atoms with Crippen LogP contribution in [0.25, 0.3) is 0 Å². The quantitative estimate of drug-likeness (QED) is 0.455. The minimum Gasteiger partial charge on any atom is -0.324 e. The smallest absolute Gasteiger partial charge is 0.245 e. The number of halogens is 2. The van der Waals surface area contributed by atoms with Crippen LogP contribution < -0.4 is 9.62 Å². The van der Waals surface area contributed by atoms with Crippen LogP contribution in [-0.4, -0.2) is 32.9 Å². The van der Waals surface area contributed by atoms with Crippen LogP contribution in [0.1, 0.15) is 15.9 Å². The van der Waals surface area contributed by atoms with Crippen LogP contribution in [0.2, 0.25) is 5.02 Å². The number of rotatable bonds is 7. The Hall–Kier alpha value is -2.68. The fraction of sp³-hybridized carbons (Fsp3) is 0.0909. The van der Waals surface area contributed by atoms with Crippen molar-refractivity contribution in [2.75, 3.05) is 22.4 Å². The lowest BCUT2D eigenvalue weighted by Gasteiger charge is -2.23. The first-order valence-electron chi connectivity index (χ1n) is 9.08. The van der Waals surface area contributed by atoms with Gasteiger partial charge in [0.25, 0.3) is 0 Å². The number of para-hydroxylation sites is 1. The van der Waals surface area contributed by atoms with E-state index in [1.807, 2.05) is 0 Å². The summed E-state index contributed by atoms with van der Waals surface area (Å²) in [5, 5.41) is 2.98. The van der Waals surface area contributed by atoms with Gasteiger partial charge in [-0.1, -0.05) is 54.1 Å². The second kappa shape index (κ2) is 9.64. The van der Waals surface area contributed by atoms with Crippen LogP contribution in [0.5, 0.6) is 0 Å². The molecule has 1 amide bonds. The molecule has 0 unspecified atom stereocenters. The summed E-state index contributed by atoms with van der Waals surface area (Å²) < 4.78 is 26.2. The van der Waals surface area contributed by atoms with Gasteiger partial charge >= 0.3 is 0 Å². The highest BCUT2D eigenvalue weighted by molar-refractivity contribution is 9.10. The molecule has 0 saturated carbocycles. The van der Waals surface area contributed by atoms with E-state index in [0.717, 1.165) is 10.6 Å². The maximum Gasteiger partial charge on any atom is 0.245 e. The van der Waals surface area contributed by atoms with Gasteiger partial charge < -0.3 is 5.32 Å². The van der Waals surface area contributed by atoms with Crippen molar-refractivity contribution >= 4 is 60.6 Å². The Bertz CT molecular complexity index is 1230. The number of sulfonamides is 1. The molecule has 0 spiro atoms. The van der Waals surface area contributed by atoms with E-state index in [-0.39, 0.29) is 17.0 Å². The Balaban J connectivity index is 1.89. The Morgan fingerprint density at radius 3 is 2.29 bits per heavy atom. The summed E-state index contributed by atoms with van der Waals surface area (Å²) >= 11 is 9.38. The van der Waals surface area contributed by atoms with Gasteiger partial charge in [-0.2, -0.15) is 0 Å². The fourth-order valence-electron chi connectivity index (χ4n) is 2.91. The Kier molecular flexibility index (Phi) is 7.15. The molecule has 0 saturated heterocycles. The number of hydrogen-bond donors (Lipinski definition) is 1. The van der Waals surface area contributed by atoms with Gasteiger partial charge in [0.2, 0.25) is 15.9 Å². The number of carbonyl (C=O) groups is 2. The lowest BCUT2D eigenvalue weighted by molar-refractivity contribution is -0.114. The first-order chi connectivity index (χ1) is 14.7. The van der Waals surface area contributed by atoms with Gasteiger partial charge in [-0.15, -0.1) is 0 Å². The molecule has 31 heavy (non-hydrogen) atoms. The van der Waals surface area contributed by atoms with Crippen LogP contribution >= 0.6 is 27.5 Å². The van der Waals surface area contributed by atoms with Crippen molar-refractivity contribution in [1.82, 2.24) is 0 Å². The molecule has 0 bridgehead atoms. The van der Waals surface area contributed by atoms with Crippen molar-refractivity contribution < 1.29 is 18.0 Å². The maximum atomic E-state index is 12.9. The van der Waals surface area contributed by atoms with Crippen LogP contribution in [0.15, 0.2) is 77.3 Å². The number of anilines is 2. The summed E-state index contributed by atoms with van der Waals surface area (Å²) in [7, 11) is -3.75. The summed E-state index contributed by atoms with van der Waals surface area (Å²) in [6.45, 7) is -0.469. The monoisotopic (exact) mass is 520 g/mol. The average Bonchev–Trinajstić information content (AvgIpc) is 2.73. The number of benzene rings is 3. The summed E-state index contributed by atoms with van der Waals surface area (Å²) in [5.41, 5.74) is 1.21. The predicted octanol–water partition coefficient (Wildman–Crippen LogP) is 4.74. The molecule has 0 aliphatic rings. The summed E-state index contributed by atoms with van der Waals surface area (Å²) in [6.07, 6.45) is 1.02. The standard InChI is InChI=1S/C22H18BrClN2O4S/c1-31(29,30)26(20-10-6-5-9-18(20)23)14-21(27)25-19-12-11-16(24)13-17(19)22(28)15-7-3-2-4-8-15/h2-13H,14H2,1H3,(H,25,27). The maximum absolute atomic E-state index is 12.9. The molecule has 160 valence electrons. The Morgan fingerprint density at radius 2 is 1.65 bits per heavy atom. The topological polar surface area (TPSA) is 83.6 Å². The number of nitrogens with zero attached hydrogens (tertiary/aromatic N) is 1. The molecule has 0 aromatic heterocycles. The third-order valence-corrected chi connectivity index (χ3v) is 6.38. The molecule has 0 atom stereocenters. The molecule has 3 aromatic carbocycles. The first-order valence-corrected chi connectivity index (χ1v) is 12.1. The van der Waals surface area contributed by atoms with Crippen molar-refractivity contribution in [3.8, 4) is 0 Å². The zero-order valence-electron chi connectivity index (χ0n) is 16.4. The molecule has 3 rings (SSSR count). The van der Waals surface area contributed by atoms with Crippen molar-refractivity contribution in [3.05, 3.63) is 93.4 Å². The van der Waals surface area contributed by atoms with Crippen molar-refractivity contribution in [3.63, 3.8) is 0 Å². The number of hydrogen-bond acceptors (Lipinski definition) is 4. The molecule has 0 heterocycles. The lowest BCUT2D eigenvalue weighted by Crippen LogP contribution is -2.37. The molecular weight excluding hydrogens is 504 g/mol. The minimum atomic E-state index is -3.75. The largest absolute Gasteiger partial charge is 0.324 e. The second-order valence-electron chi connectivity index (χ2n) is 6.65. The van der Waals surface area contributed by atoms with Gasteiger partial charge in [0.15, 0.2) is 5.78 Å². The van der Waals surface area contributed by atoms with Gasteiger partial charge in [0, 0.05) is 20.6 Å². The molecule has 0 fully saturated rings. The lowest BCUT2D eigenvalue weighted by atomic mass is 10.0. The number of nitrogens with one attached hydrogen (secondary N) is 1. The van der Waals surface area contributed by atoms with Crippen LogP contribution in [0, 0.1) is 0 Å². The van der Waals surface area contributed by atoms with Gasteiger partial charge in [0.05, 0.1) is 17.6 Å². The van der Waals surface area contributed by atoms with Crippen LogP contribution in [0.4, 0.5) is 11.4 Å². The predicted molar refractivity (Wildman–Crippen MR) is 126 cm³/mol. The number of amides is 1. The zero-order chi connectivity index (χ0) is 22.6. The molecule has 6 nitrogen and oxygen atoms in total. The highest BCUT2D eigenvalue weighted by Gasteiger charge is 2.24. The normalized spacial score (nSPS) is 11.1. The van der Waals surface area contributed by atoms with Crippen molar-refractivity contribution in [2.24, 2.45) is 0 Å². The second-order valence-corrected chi connectivity index (χ2v) is 9.85. The Morgan fingerprint density at radius 1 is 1.00 bits per heavy atom. The molecule has 0 aliphatic carbocycles. The van der Waals surface area contributed by atoms with Gasteiger partial charge in [-0.25, -0.2) is 8.42 Å². The van der Waals surface area contributed by atoms with E-state index in [0.29, 0.717) is 20.7 Å². The van der Waals surface area contributed by atoms with E-state index in [1.165, 1.54) is 12.1 Å². The van der Waals surface area contributed by atoms with Crippen molar-refractivity contribution in [1.29, 1.82) is 0 Å². The molecular formula is C22H18BrClN2O4S. The van der Waals surface area contributed by atoms with Gasteiger partial charge in [-0.05, 0) is 46.3 Å². The summed E-state index contributed by atoms with van der Waals surface area (Å²) in [4.78, 5) is 25.7. The van der Waals surface area contributed by atoms with E-state index in [2.05, 4.69) is 21.2 Å². The molecule has 1 N–H and O–H groups in total. The SMILES string of the molecule is CS(=O)(=O)N(CC(=O)Nc1ccc(Cl)cc1C(=O)c1ccccc1)c1ccccc1Br. The molecule has 9 heteroatoms. The van der Waals surface area contributed by atoms with Crippen LogP contribution in [0.3, 0.4) is 0 Å². The van der Waals surface area contributed by atoms with E-state index < -0.39 is 22.5 Å². The van der Waals surface area contributed by atoms with Gasteiger partial charge in [-0.3, -0.25) is 13.9 Å². The van der Waals surface area contributed by atoms with Crippen LogP contribution in [-0.2, 0) is 14.8 Å². The Labute approximate surface area is 194 Å². The average molecular weight is 522 g/mol. The third kappa shape index (κ3) is 5.72.